The molecular formula is C24H20N4O2S. The molecule has 4 rings (SSSR count). The first-order valence-electron chi connectivity index (χ1n) is 9.72. The number of aromatic nitrogens is 2. The fourth-order valence-electron chi connectivity index (χ4n) is 3.07. The van der Waals surface area contributed by atoms with Gasteiger partial charge in [0.15, 0.2) is 5.16 Å². The number of benzene rings is 3. The normalized spacial score (nSPS) is 11.5. The Bertz CT molecular complexity index is 1300. The SMILES string of the molecule is C/C(=N/NC(=O)CSc1nc2ccccc2c(=O)n1-c1ccccc1)c1ccccc1. The monoisotopic (exact) mass is 428 g/mol. The Labute approximate surface area is 183 Å². The third-order valence-corrected chi connectivity index (χ3v) is 5.57. The van der Waals surface area contributed by atoms with Crippen LogP contribution in [0.4, 0.5) is 0 Å². The quantitative estimate of drug-likeness (QED) is 0.218. The summed E-state index contributed by atoms with van der Waals surface area (Å²) >= 11 is 1.20. The molecule has 31 heavy (non-hydrogen) atoms. The average molecular weight is 429 g/mol. The van der Waals surface area contributed by atoms with Crippen LogP contribution in [0.15, 0.2) is 100.0 Å². The number of para-hydroxylation sites is 2. The van der Waals surface area contributed by atoms with Gasteiger partial charge in [-0.3, -0.25) is 14.2 Å². The molecule has 0 aliphatic carbocycles. The molecule has 0 aliphatic heterocycles. The first kappa shape index (κ1) is 20.6. The predicted molar refractivity (Wildman–Crippen MR) is 125 cm³/mol. The van der Waals surface area contributed by atoms with E-state index in [1.807, 2.05) is 79.7 Å². The summed E-state index contributed by atoms with van der Waals surface area (Å²) < 4.78 is 1.54. The molecule has 6 nitrogen and oxygen atoms in total. The molecule has 0 radical (unpaired) electrons. The van der Waals surface area contributed by atoms with Crippen LogP contribution in [0.2, 0.25) is 0 Å². The van der Waals surface area contributed by atoms with Gasteiger partial charge in [-0.2, -0.15) is 5.10 Å². The van der Waals surface area contributed by atoms with Crippen molar-refractivity contribution in [1.82, 2.24) is 15.0 Å². The molecule has 0 saturated heterocycles. The third-order valence-electron chi connectivity index (χ3n) is 4.63. The van der Waals surface area contributed by atoms with Crippen molar-refractivity contribution in [2.24, 2.45) is 5.10 Å². The summed E-state index contributed by atoms with van der Waals surface area (Å²) in [7, 11) is 0. The minimum atomic E-state index is -0.276. The molecular weight excluding hydrogens is 408 g/mol. The van der Waals surface area contributed by atoms with Crippen molar-refractivity contribution in [3.63, 3.8) is 0 Å². The topological polar surface area (TPSA) is 76.3 Å². The van der Waals surface area contributed by atoms with Gasteiger partial charge in [-0.1, -0.05) is 72.4 Å². The number of fused-ring (bicyclic) bond motifs is 1. The van der Waals surface area contributed by atoms with Crippen LogP contribution < -0.4 is 11.0 Å². The lowest BCUT2D eigenvalue weighted by Crippen LogP contribution is -2.24. The second-order valence-corrected chi connectivity index (χ2v) is 7.72. The van der Waals surface area contributed by atoms with E-state index >= 15 is 0 Å². The maximum absolute atomic E-state index is 13.2. The van der Waals surface area contributed by atoms with Gasteiger partial charge in [0, 0.05) is 0 Å². The summed E-state index contributed by atoms with van der Waals surface area (Å²) in [5.74, 6) is -0.203. The van der Waals surface area contributed by atoms with Crippen molar-refractivity contribution in [1.29, 1.82) is 0 Å². The molecule has 7 heteroatoms. The number of nitrogens with zero attached hydrogens (tertiary/aromatic N) is 3. The zero-order chi connectivity index (χ0) is 21.6. The van der Waals surface area contributed by atoms with E-state index in [9.17, 15) is 9.59 Å². The van der Waals surface area contributed by atoms with Gasteiger partial charge >= 0.3 is 0 Å². The summed E-state index contributed by atoms with van der Waals surface area (Å²) in [6, 6.07) is 26.1. The number of hydrazone groups is 1. The molecule has 1 N–H and O–H groups in total. The zero-order valence-corrected chi connectivity index (χ0v) is 17.7. The first-order valence-corrected chi connectivity index (χ1v) is 10.7. The smallest absolute Gasteiger partial charge is 0.266 e. The van der Waals surface area contributed by atoms with E-state index in [0.717, 1.165) is 5.56 Å². The van der Waals surface area contributed by atoms with Gasteiger partial charge < -0.3 is 0 Å². The summed E-state index contributed by atoms with van der Waals surface area (Å²) in [6.07, 6.45) is 0. The minimum absolute atomic E-state index is 0.0726. The van der Waals surface area contributed by atoms with E-state index in [2.05, 4.69) is 15.5 Å². The van der Waals surface area contributed by atoms with E-state index in [1.54, 1.807) is 16.7 Å². The van der Waals surface area contributed by atoms with Crippen molar-refractivity contribution in [3.8, 4) is 5.69 Å². The van der Waals surface area contributed by atoms with Crippen molar-refractivity contribution < 1.29 is 4.79 Å². The molecule has 0 fully saturated rings. The van der Waals surface area contributed by atoms with Crippen molar-refractivity contribution in [2.75, 3.05) is 5.75 Å². The highest BCUT2D eigenvalue weighted by Gasteiger charge is 2.14. The van der Waals surface area contributed by atoms with Crippen LogP contribution in [0.25, 0.3) is 16.6 Å². The van der Waals surface area contributed by atoms with Crippen LogP contribution in [0.3, 0.4) is 0 Å². The van der Waals surface area contributed by atoms with Crippen LogP contribution >= 0.6 is 11.8 Å². The molecule has 1 amide bonds. The van der Waals surface area contributed by atoms with Crippen LogP contribution in [0, 0.1) is 0 Å². The lowest BCUT2D eigenvalue weighted by molar-refractivity contribution is -0.118. The van der Waals surface area contributed by atoms with Crippen molar-refractivity contribution in [3.05, 3.63) is 101 Å². The Hall–Kier alpha value is -3.71. The first-order chi connectivity index (χ1) is 15.1. The largest absolute Gasteiger partial charge is 0.272 e. The molecule has 1 aromatic heterocycles. The van der Waals surface area contributed by atoms with Crippen molar-refractivity contribution in [2.45, 2.75) is 12.1 Å². The Balaban J connectivity index is 1.58. The number of carbonyl (C=O) groups is 1. The van der Waals surface area contributed by atoms with Crippen LogP contribution in [-0.2, 0) is 4.79 Å². The van der Waals surface area contributed by atoms with Gasteiger partial charge in [-0.15, -0.1) is 0 Å². The number of rotatable bonds is 6. The summed E-state index contributed by atoms with van der Waals surface area (Å²) in [5.41, 5.74) is 5.35. The minimum Gasteiger partial charge on any atom is -0.272 e. The van der Waals surface area contributed by atoms with Gasteiger partial charge in [-0.05, 0) is 36.8 Å². The maximum Gasteiger partial charge on any atom is 0.266 e. The number of carbonyl (C=O) groups excluding carboxylic acids is 1. The molecule has 154 valence electrons. The number of amides is 1. The zero-order valence-electron chi connectivity index (χ0n) is 16.9. The van der Waals surface area contributed by atoms with Crippen molar-refractivity contribution >= 4 is 34.3 Å². The Morgan fingerprint density at radius 2 is 1.61 bits per heavy atom. The second kappa shape index (κ2) is 9.40. The number of hydrogen-bond donors (Lipinski definition) is 1. The van der Waals surface area contributed by atoms with Gasteiger partial charge in [0.2, 0.25) is 0 Å². The third kappa shape index (κ3) is 4.73. The molecule has 1 heterocycles. The van der Waals surface area contributed by atoms with Gasteiger partial charge in [0.25, 0.3) is 11.5 Å². The summed E-state index contributed by atoms with van der Waals surface area (Å²) in [5, 5.41) is 5.15. The number of thioether (sulfide) groups is 1. The number of hydrogen-bond acceptors (Lipinski definition) is 5. The van der Waals surface area contributed by atoms with E-state index in [-0.39, 0.29) is 17.2 Å². The molecule has 0 aliphatic rings. The fourth-order valence-corrected chi connectivity index (χ4v) is 3.87. The highest BCUT2D eigenvalue weighted by atomic mass is 32.2. The second-order valence-electron chi connectivity index (χ2n) is 6.77. The molecule has 3 aromatic carbocycles. The summed E-state index contributed by atoms with van der Waals surface area (Å²) in [4.78, 5) is 30.2. The highest BCUT2D eigenvalue weighted by Crippen LogP contribution is 2.21. The molecule has 0 atom stereocenters. The van der Waals surface area contributed by atoms with Gasteiger partial charge in [-0.25, -0.2) is 10.4 Å². The molecule has 0 bridgehead atoms. The van der Waals surface area contributed by atoms with Gasteiger partial charge in [0.05, 0.1) is 28.1 Å². The molecule has 0 unspecified atom stereocenters. The Kier molecular flexibility index (Phi) is 6.24. The summed E-state index contributed by atoms with van der Waals surface area (Å²) in [6.45, 7) is 1.83. The van der Waals surface area contributed by atoms with E-state index in [1.165, 1.54) is 11.8 Å². The maximum atomic E-state index is 13.2. The predicted octanol–water partition coefficient (Wildman–Crippen LogP) is 4.02. The lowest BCUT2D eigenvalue weighted by atomic mass is 10.1. The number of nitrogens with one attached hydrogen (secondary N) is 1. The Morgan fingerprint density at radius 3 is 2.35 bits per heavy atom. The Morgan fingerprint density at radius 1 is 0.968 bits per heavy atom. The van der Waals surface area contributed by atoms with E-state index in [4.69, 9.17) is 0 Å². The fraction of sp³-hybridized carbons (Fsp3) is 0.0833. The molecule has 4 aromatic rings. The van der Waals surface area contributed by atoms with Crippen LogP contribution in [0.5, 0.6) is 0 Å². The van der Waals surface area contributed by atoms with E-state index < -0.39 is 0 Å². The van der Waals surface area contributed by atoms with Crippen LogP contribution in [-0.4, -0.2) is 26.9 Å². The molecule has 0 spiro atoms. The lowest BCUT2D eigenvalue weighted by Gasteiger charge is -2.13. The van der Waals surface area contributed by atoms with Crippen LogP contribution in [0.1, 0.15) is 12.5 Å². The highest BCUT2D eigenvalue weighted by molar-refractivity contribution is 7.99. The molecule has 0 saturated carbocycles. The van der Waals surface area contributed by atoms with Gasteiger partial charge in [0.1, 0.15) is 0 Å². The standard InChI is InChI=1S/C24H20N4O2S/c1-17(18-10-4-2-5-11-18)26-27-22(29)16-31-24-25-21-15-9-8-14-20(21)23(30)28(24)19-12-6-3-7-13-19/h2-15H,16H2,1H3,(H,27,29)/b26-17-. The van der Waals surface area contributed by atoms with E-state index in [0.29, 0.717) is 27.5 Å². The average Bonchev–Trinajstić information content (AvgIpc) is 2.82.